The number of aromatic nitrogens is 1. The summed E-state index contributed by atoms with van der Waals surface area (Å²) in [6, 6.07) is 16.1. The SMILES string of the molecule is COc1ccc(C(O)C2CCN(Cc3nc4ccccc4s3)CC2)cc1. The molecule has 5 heteroatoms. The maximum atomic E-state index is 10.7. The molecular weight excluding hydrogens is 344 g/mol. The molecule has 26 heavy (non-hydrogen) atoms. The number of aliphatic hydroxyl groups is 1. The van der Waals surface area contributed by atoms with Crippen molar-refractivity contribution < 1.29 is 9.84 Å². The molecule has 2 heterocycles. The molecule has 4 rings (SSSR count). The molecule has 1 N–H and O–H groups in total. The van der Waals surface area contributed by atoms with Crippen molar-refractivity contribution in [2.24, 2.45) is 5.92 Å². The normalized spacial score (nSPS) is 17.5. The van der Waals surface area contributed by atoms with Gasteiger partial charge in [-0.1, -0.05) is 24.3 Å². The molecule has 1 saturated heterocycles. The van der Waals surface area contributed by atoms with E-state index in [-0.39, 0.29) is 0 Å². The monoisotopic (exact) mass is 368 g/mol. The Morgan fingerprint density at radius 3 is 2.58 bits per heavy atom. The molecule has 1 aliphatic heterocycles. The van der Waals surface area contributed by atoms with E-state index in [1.807, 2.05) is 30.3 Å². The Hall–Kier alpha value is -1.95. The molecule has 0 radical (unpaired) electrons. The molecule has 136 valence electrons. The van der Waals surface area contributed by atoms with E-state index in [4.69, 9.17) is 9.72 Å². The highest BCUT2D eigenvalue weighted by atomic mass is 32.1. The van der Waals surface area contributed by atoms with Gasteiger partial charge in [0.1, 0.15) is 10.8 Å². The third kappa shape index (κ3) is 3.75. The number of hydrogen-bond acceptors (Lipinski definition) is 5. The lowest BCUT2D eigenvalue weighted by Gasteiger charge is -2.34. The molecule has 0 aliphatic carbocycles. The second kappa shape index (κ2) is 7.74. The lowest BCUT2D eigenvalue weighted by molar-refractivity contribution is 0.0567. The van der Waals surface area contributed by atoms with Gasteiger partial charge in [-0.2, -0.15) is 0 Å². The average molecular weight is 369 g/mol. The van der Waals surface area contributed by atoms with Gasteiger partial charge < -0.3 is 9.84 Å². The molecule has 4 nitrogen and oxygen atoms in total. The number of para-hydroxylation sites is 1. The van der Waals surface area contributed by atoms with Crippen LogP contribution in [0.5, 0.6) is 5.75 Å². The number of benzene rings is 2. The zero-order valence-corrected chi connectivity index (χ0v) is 15.8. The Bertz CT molecular complexity index is 821. The molecule has 2 aromatic carbocycles. The fourth-order valence-electron chi connectivity index (χ4n) is 3.68. The van der Waals surface area contributed by atoms with Crippen LogP contribution < -0.4 is 4.74 Å². The summed E-state index contributed by atoms with van der Waals surface area (Å²) >= 11 is 1.78. The molecular formula is C21H24N2O2S. The van der Waals surface area contributed by atoms with Gasteiger partial charge in [-0.25, -0.2) is 4.98 Å². The summed E-state index contributed by atoms with van der Waals surface area (Å²) in [5.74, 6) is 1.14. The molecule has 3 aromatic rings. The van der Waals surface area contributed by atoms with Crippen LogP contribution in [0, 0.1) is 5.92 Å². The van der Waals surface area contributed by atoms with E-state index in [0.29, 0.717) is 5.92 Å². The summed E-state index contributed by atoms with van der Waals surface area (Å²) in [7, 11) is 1.66. The standard InChI is InChI=1S/C21H24N2O2S/c1-25-17-8-6-15(7-9-17)21(24)16-10-12-23(13-11-16)14-20-22-18-4-2-3-5-19(18)26-20/h2-9,16,21,24H,10-14H2,1H3. The number of nitrogens with zero attached hydrogens (tertiary/aromatic N) is 2. The summed E-state index contributed by atoms with van der Waals surface area (Å²) in [5, 5.41) is 11.9. The van der Waals surface area contributed by atoms with Crippen LogP contribution in [-0.2, 0) is 6.54 Å². The average Bonchev–Trinajstić information content (AvgIpc) is 3.10. The van der Waals surface area contributed by atoms with E-state index in [9.17, 15) is 5.11 Å². The van der Waals surface area contributed by atoms with E-state index in [2.05, 4.69) is 23.1 Å². The number of rotatable bonds is 5. The molecule has 1 aromatic heterocycles. The summed E-state index contributed by atoms with van der Waals surface area (Å²) in [6.07, 6.45) is 1.63. The van der Waals surface area contributed by atoms with E-state index >= 15 is 0 Å². The van der Waals surface area contributed by atoms with E-state index in [1.54, 1.807) is 18.4 Å². The summed E-state index contributed by atoms with van der Waals surface area (Å²) in [6.45, 7) is 2.92. The van der Waals surface area contributed by atoms with Crippen LogP contribution in [0.1, 0.15) is 29.5 Å². The van der Waals surface area contributed by atoms with Gasteiger partial charge in [0.2, 0.25) is 0 Å². The first-order valence-electron chi connectivity index (χ1n) is 9.12. The fraction of sp³-hybridized carbons (Fsp3) is 0.381. The van der Waals surface area contributed by atoms with Crippen LogP contribution in [0.25, 0.3) is 10.2 Å². The highest BCUT2D eigenvalue weighted by Gasteiger charge is 2.26. The van der Waals surface area contributed by atoms with Gasteiger partial charge >= 0.3 is 0 Å². The van der Waals surface area contributed by atoms with Crippen molar-refractivity contribution in [3.8, 4) is 5.75 Å². The summed E-state index contributed by atoms with van der Waals surface area (Å²) in [5.41, 5.74) is 2.08. The molecule has 0 amide bonds. The van der Waals surface area contributed by atoms with Crippen LogP contribution in [0.4, 0.5) is 0 Å². The van der Waals surface area contributed by atoms with Crippen molar-refractivity contribution in [2.75, 3.05) is 20.2 Å². The number of piperidine rings is 1. The first-order valence-corrected chi connectivity index (χ1v) is 9.93. The molecule has 0 bridgehead atoms. The number of fused-ring (bicyclic) bond motifs is 1. The van der Waals surface area contributed by atoms with Gasteiger partial charge in [0.15, 0.2) is 0 Å². The zero-order valence-electron chi connectivity index (χ0n) is 15.0. The lowest BCUT2D eigenvalue weighted by atomic mass is 9.87. The van der Waals surface area contributed by atoms with Crippen LogP contribution in [0.15, 0.2) is 48.5 Å². The third-order valence-corrected chi connectivity index (χ3v) is 6.25. The number of aliphatic hydroxyl groups excluding tert-OH is 1. The Morgan fingerprint density at radius 1 is 1.15 bits per heavy atom. The first-order chi connectivity index (χ1) is 12.7. The Kier molecular flexibility index (Phi) is 5.20. The van der Waals surface area contributed by atoms with E-state index in [1.165, 1.54) is 9.71 Å². The smallest absolute Gasteiger partial charge is 0.118 e. The first kappa shape index (κ1) is 17.5. The number of likely N-dealkylation sites (tertiary alicyclic amines) is 1. The largest absolute Gasteiger partial charge is 0.497 e. The summed E-state index contributed by atoms with van der Waals surface area (Å²) < 4.78 is 6.45. The van der Waals surface area contributed by atoms with Crippen molar-refractivity contribution in [2.45, 2.75) is 25.5 Å². The van der Waals surface area contributed by atoms with E-state index in [0.717, 1.165) is 49.3 Å². The molecule has 1 atom stereocenters. The number of hydrogen-bond donors (Lipinski definition) is 1. The highest BCUT2D eigenvalue weighted by Crippen LogP contribution is 2.32. The maximum absolute atomic E-state index is 10.7. The van der Waals surface area contributed by atoms with Crippen LogP contribution in [0.3, 0.4) is 0 Å². The fourth-order valence-corrected chi connectivity index (χ4v) is 4.69. The van der Waals surface area contributed by atoms with Crippen molar-refractivity contribution >= 4 is 21.6 Å². The maximum Gasteiger partial charge on any atom is 0.118 e. The highest BCUT2D eigenvalue weighted by molar-refractivity contribution is 7.18. The summed E-state index contributed by atoms with van der Waals surface area (Å²) in [4.78, 5) is 7.19. The third-order valence-electron chi connectivity index (χ3n) is 5.23. The molecule has 1 unspecified atom stereocenters. The van der Waals surface area contributed by atoms with Gasteiger partial charge in [0, 0.05) is 0 Å². The zero-order chi connectivity index (χ0) is 17.9. The van der Waals surface area contributed by atoms with Gasteiger partial charge in [-0.3, -0.25) is 4.90 Å². The lowest BCUT2D eigenvalue weighted by Crippen LogP contribution is -2.35. The minimum atomic E-state index is -0.398. The second-order valence-corrected chi connectivity index (χ2v) is 8.02. The molecule has 0 saturated carbocycles. The predicted octanol–water partition coefficient (Wildman–Crippen LogP) is 4.25. The van der Waals surface area contributed by atoms with Crippen molar-refractivity contribution in [1.29, 1.82) is 0 Å². The van der Waals surface area contributed by atoms with Crippen molar-refractivity contribution in [3.05, 3.63) is 59.1 Å². The Balaban J connectivity index is 1.34. The predicted molar refractivity (Wildman–Crippen MR) is 106 cm³/mol. The quantitative estimate of drug-likeness (QED) is 0.731. The number of methoxy groups -OCH3 is 1. The second-order valence-electron chi connectivity index (χ2n) is 6.91. The van der Waals surface area contributed by atoms with Gasteiger partial charge in [-0.15, -0.1) is 11.3 Å². The van der Waals surface area contributed by atoms with Crippen molar-refractivity contribution in [3.63, 3.8) is 0 Å². The molecule has 1 fully saturated rings. The van der Waals surface area contributed by atoms with Crippen LogP contribution in [-0.4, -0.2) is 35.2 Å². The minimum absolute atomic E-state index is 0.315. The number of thiazole rings is 1. The topological polar surface area (TPSA) is 45.6 Å². The Morgan fingerprint density at radius 2 is 1.88 bits per heavy atom. The van der Waals surface area contributed by atoms with E-state index < -0.39 is 6.10 Å². The van der Waals surface area contributed by atoms with Crippen molar-refractivity contribution in [1.82, 2.24) is 9.88 Å². The Labute approximate surface area is 158 Å². The van der Waals surface area contributed by atoms with Gasteiger partial charge in [-0.05, 0) is 61.7 Å². The minimum Gasteiger partial charge on any atom is -0.497 e. The van der Waals surface area contributed by atoms with Gasteiger partial charge in [0.25, 0.3) is 0 Å². The molecule has 0 spiro atoms. The number of ether oxygens (including phenoxy) is 1. The van der Waals surface area contributed by atoms with Crippen LogP contribution >= 0.6 is 11.3 Å². The van der Waals surface area contributed by atoms with Gasteiger partial charge in [0.05, 0.1) is 30.0 Å². The molecule has 1 aliphatic rings. The van der Waals surface area contributed by atoms with Crippen LogP contribution in [0.2, 0.25) is 0 Å².